The Bertz CT molecular complexity index is 403. The summed E-state index contributed by atoms with van der Waals surface area (Å²) in [6.07, 6.45) is 3.80. The Morgan fingerprint density at radius 1 is 1.11 bits per heavy atom. The average Bonchev–Trinajstić information content (AvgIpc) is 2.14. The minimum atomic E-state index is -4.94. The molecule has 0 unspecified atom stereocenters. The van der Waals surface area contributed by atoms with Crippen molar-refractivity contribution in [3.63, 3.8) is 0 Å². The Labute approximate surface area is 113 Å². The summed E-state index contributed by atoms with van der Waals surface area (Å²) in [5.41, 5.74) is 1.12. The van der Waals surface area contributed by atoms with Crippen molar-refractivity contribution in [3.05, 3.63) is 40.9 Å². The van der Waals surface area contributed by atoms with Gasteiger partial charge in [0.25, 0.3) is 0 Å². The van der Waals surface area contributed by atoms with Gasteiger partial charge in [0.2, 0.25) is 0 Å². The number of rotatable bonds is 2. The first kappa shape index (κ1) is 17.1. The normalized spacial score (nSPS) is 11.4. The van der Waals surface area contributed by atoms with E-state index in [0.29, 0.717) is 0 Å². The Kier molecular flexibility index (Phi) is 7.77. The van der Waals surface area contributed by atoms with Gasteiger partial charge >= 0.3 is 0 Å². The molecule has 0 bridgehead atoms. The first-order chi connectivity index (χ1) is 8.18. The van der Waals surface area contributed by atoms with Crippen LogP contribution >= 0.6 is 11.6 Å². The van der Waals surface area contributed by atoms with Crippen molar-refractivity contribution >= 4 is 23.9 Å². The molecular formula is C11H13Cl2NO4. The Morgan fingerprint density at radius 3 is 1.94 bits per heavy atom. The molecule has 0 saturated carbocycles. The molecule has 5 nitrogen and oxygen atoms in total. The van der Waals surface area contributed by atoms with Crippen molar-refractivity contribution in [3.8, 4) is 0 Å². The van der Waals surface area contributed by atoms with Crippen LogP contribution in [0.15, 0.2) is 35.4 Å². The van der Waals surface area contributed by atoms with E-state index >= 15 is 0 Å². The van der Waals surface area contributed by atoms with Gasteiger partial charge in [-0.3, -0.25) is 0 Å². The minimum absolute atomic E-state index is 0.733. The zero-order valence-corrected chi connectivity index (χ0v) is 11.4. The van der Waals surface area contributed by atoms with Gasteiger partial charge in [-0.05, 0) is 11.6 Å². The summed E-state index contributed by atoms with van der Waals surface area (Å²) in [5, 5.41) is 0.733. The van der Waals surface area contributed by atoms with Crippen LogP contribution < -0.4 is 18.6 Å². The van der Waals surface area contributed by atoms with Crippen LogP contribution in [0.3, 0.4) is 0 Å². The Balaban J connectivity index is 0.000000494. The molecule has 7 heteroatoms. The van der Waals surface area contributed by atoms with Gasteiger partial charge in [0, 0.05) is 0 Å². The van der Waals surface area contributed by atoms with E-state index in [1.165, 1.54) is 0 Å². The molecule has 0 amide bonds. The zero-order valence-electron chi connectivity index (χ0n) is 9.88. The van der Waals surface area contributed by atoms with Gasteiger partial charge in [-0.1, -0.05) is 41.9 Å². The van der Waals surface area contributed by atoms with E-state index in [4.69, 9.17) is 30.2 Å². The fraction of sp³-hybridized carbons (Fsp3) is 0.182. The first-order valence-electron chi connectivity index (χ1n) is 4.74. The van der Waals surface area contributed by atoms with E-state index in [1.807, 2.05) is 61.3 Å². The highest BCUT2D eigenvalue weighted by Gasteiger charge is 1.92. The molecule has 0 aromatic heterocycles. The van der Waals surface area contributed by atoms with Crippen molar-refractivity contribution < 1.29 is 33.5 Å². The van der Waals surface area contributed by atoms with Gasteiger partial charge in [0.1, 0.15) is 19.1 Å². The summed E-state index contributed by atoms with van der Waals surface area (Å²) in [7, 11) is -1.05. The van der Waals surface area contributed by atoms with Crippen LogP contribution in [-0.2, 0) is 0 Å². The van der Waals surface area contributed by atoms with Crippen LogP contribution in [0.2, 0.25) is 0 Å². The molecule has 1 aromatic rings. The van der Waals surface area contributed by atoms with Crippen LogP contribution in [0.25, 0.3) is 6.08 Å². The monoisotopic (exact) mass is 293 g/mol. The van der Waals surface area contributed by atoms with Crippen molar-refractivity contribution in [1.29, 1.82) is 0 Å². The molecule has 0 aliphatic carbocycles. The number of hydrogen-bond acceptors (Lipinski definition) is 4. The Hall–Kier alpha value is -0.950. The van der Waals surface area contributed by atoms with E-state index in [0.717, 1.165) is 10.6 Å². The molecule has 0 fully saturated rings. The summed E-state index contributed by atoms with van der Waals surface area (Å²) >= 11 is 5.97. The lowest BCUT2D eigenvalue weighted by Gasteiger charge is -2.17. The maximum absolute atomic E-state index is 8.49. The lowest BCUT2D eigenvalue weighted by molar-refractivity contribution is -2.00. The SMILES string of the molecule is C[N+](C)=CC(Cl)=Cc1ccccc1.[O-][Cl+3]([O-])([O-])[O-]. The third kappa shape index (κ3) is 13.1. The van der Waals surface area contributed by atoms with E-state index in [1.54, 1.807) is 0 Å². The molecule has 1 aromatic carbocycles. The number of allylic oxidation sites excluding steroid dienone is 1. The van der Waals surface area contributed by atoms with Crippen molar-refractivity contribution in [2.75, 3.05) is 14.1 Å². The predicted molar refractivity (Wildman–Crippen MR) is 58.4 cm³/mol. The predicted octanol–water partition coefficient (Wildman–Crippen LogP) is -2.15. The largest absolute Gasteiger partial charge is 0.240 e. The lowest BCUT2D eigenvalue weighted by Crippen LogP contribution is -2.68. The second-order valence-electron chi connectivity index (χ2n) is 3.41. The third-order valence-electron chi connectivity index (χ3n) is 1.49. The minimum Gasteiger partial charge on any atom is -0.240 e. The van der Waals surface area contributed by atoms with Gasteiger partial charge in [-0.25, -0.2) is 23.2 Å². The van der Waals surface area contributed by atoms with E-state index in [2.05, 4.69) is 0 Å². The highest BCUT2D eigenvalue weighted by Crippen LogP contribution is 2.07. The lowest BCUT2D eigenvalue weighted by atomic mass is 10.2. The number of benzene rings is 1. The first-order valence-corrected chi connectivity index (χ1v) is 6.35. The molecule has 0 radical (unpaired) electrons. The molecule has 18 heavy (non-hydrogen) atoms. The van der Waals surface area contributed by atoms with Crippen molar-refractivity contribution in [2.24, 2.45) is 0 Å². The number of halogens is 2. The quantitative estimate of drug-likeness (QED) is 0.459. The van der Waals surface area contributed by atoms with Crippen LogP contribution in [0, 0.1) is 10.2 Å². The summed E-state index contributed by atoms with van der Waals surface area (Å²) in [6.45, 7) is 0. The third-order valence-corrected chi connectivity index (χ3v) is 1.69. The Morgan fingerprint density at radius 2 is 1.56 bits per heavy atom. The van der Waals surface area contributed by atoms with Gasteiger partial charge in [-0.15, -0.1) is 10.2 Å². The maximum Gasteiger partial charge on any atom is 0.181 e. The molecule has 0 saturated heterocycles. The topological polar surface area (TPSA) is 95.2 Å². The molecule has 0 aliphatic heterocycles. The molecule has 0 atom stereocenters. The summed E-state index contributed by atoms with van der Waals surface area (Å²) in [5.74, 6) is 0. The molecule has 0 aliphatic rings. The van der Waals surface area contributed by atoms with Crippen molar-refractivity contribution in [1.82, 2.24) is 0 Å². The maximum atomic E-state index is 8.49. The molecule has 1 rings (SSSR count). The molecule has 0 spiro atoms. The van der Waals surface area contributed by atoms with Gasteiger partial charge in [-0.2, -0.15) is 0 Å². The summed E-state index contributed by atoms with van der Waals surface area (Å²) in [6, 6.07) is 10.0. The van der Waals surface area contributed by atoms with Crippen LogP contribution in [0.5, 0.6) is 0 Å². The average molecular weight is 294 g/mol. The van der Waals surface area contributed by atoms with Crippen LogP contribution in [0.1, 0.15) is 5.56 Å². The standard InChI is InChI=1S/C11H13ClN.ClHO4/c1-13(2)9-11(12)8-10-6-4-3-5-7-10;2-1(3,4)5/h3-9H,1-2H3;(H,2,3,4,5)/q+1;/p-1. The number of nitrogens with zero attached hydrogens (tertiary/aromatic N) is 1. The van der Waals surface area contributed by atoms with E-state index in [9.17, 15) is 0 Å². The second-order valence-corrected chi connectivity index (χ2v) is 4.60. The fourth-order valence-corrected chi connectivity index (χ4v) is 1.31. The molecule has 100 valence electrons. The smallest absolute Gasteiger partial charge is 0.181 e. The van der Waals surface area contributed by atoms with Crippen molar-refractivity contribution in [2.45, 2.75) is 0 Å². The summed E-state index contributed by atoms with van der Waals surface area (Å²) in [4.78, 5) is 0. The highest BCUT2D eigenvalue weighted by molar-refractivity contribution is 6.40. The highest BCUT2D eigenvalue weighted by atomic mass is 35.7. The van der Waals surface area contributed by atoms with Gasteiger partial charge < -0.3 is 0 Å². The molecule has 0 heterocycles. The zero-order chi connectivity index (χ0) is 14.2. The van der Waals surface area contributed by atoms with E-state index < -0.39 is 10.2 Å². The van der Waals surface area contributed by atoms with E-state index in [-0.39, 0.29) is 0 Å². The van der Waals surface area contributed by atoms with Gasteiger partial charge in [0.15, 0.2) is 6.21 Å². The van der Waals surface area contributed by atoms with Crippen LogP contribution in [-0.4, -0.2) is 24.9 Å². The summed E-state index contributed by atoms with van der Waals surface area (Å²) < 4.78 is 35.9. The van der Waals surface area contributed by atoms with Crippen LogP contribution in [0.4, 0.5) is 0 Å². The molecular weight excluding hydrogens is 281 g/mol. The number of hydrogen-bond donors (Lipinski definition) is 0. The molecule has 0 N–H and O–H groups in total. The van der Waals surface area contributed by atoms with Gasteiger partial charge in [0.05, 0.1) is 0 Å². The second kappa shape index (κ2) is 8.20. The fourth-order valence-electron chi connectivity index (χ4n) is 0.992.